The summed E-state index contributed by atoms with van der Waals surface area (Å²) in [6.07, 6.45) is 2.76. The number of halogens is 2. The van der Waals surface area contributed by atoms with E-state index in [-0.39, 0.29) is 18.0 Å². The number of hydrogen-bond acceptors (Lipinski definition) is 3. The van der Waals surface area contributed by atoms with Crippen molar-refractivity contribution in [3.05, 3.63) is 75.9 Å². The van der Waals surface area contributed by atoms with E-state index >= 15 is 0 Å². The molecule has 0 bridgehead atoms. The molecule has 27 heavy (non-hydrogen) atoms. The third-order valence-corrected chi connectivity index (χ3v) is 4.55. The Labute approximate surface area is 156 Å². The van der Waals surface area contributed by atoms with Gasteiger partial charge in [0.05, 0.1) is 12.2 Å². The Bertz CT molecular complexity index is 923. The van der Waals surface area contributed by atoms with Crippen LogP contribution >= 0.6 is 0 Å². The molecule has 0 amide bonds. The Balaban J connectivity index is 1.89. The van der Waals surface area contributed by atoms with E-state index in [9.17, 15) is 18.4 Å². The lowest BCUT2D eigenvalue weighted by Gasteiger charge is -2.18. The molecule has 5 heteroatoms. The van der Waals surface area contributed by atoms with Gasteiger partial charge < -0.3 is 4.74 Å². The fourth-order valence-corrected chi connectivity index (χ4v) is 3.16. The van der Waals surface area contributed by atoms with Crippen LogP contribution in [0.1, 0.15) is 57.7 Å². The average Bonchev–Trinajstić information content (AvgIpc) is 2.63. The molecule has 3 nitrogen and oxygen atoms in total. The van der Waals surface area contributed by atoms with Gasteiger partial charge in [-0.05, 0) is 61.2 Å². The van der Waals surface area contributed by atoms with Crippen molar-refractivity contribution in [2.45, 2.75) is 32.6 Å². The normalized spacial score (nSPS) is 15.6. The predicted octanol–water partition coefficient (Wildman–Crippen LogP) is 5.19. The van der Waals surface area contributed by atoms with Gasteiger partial charge in [0.25, 0.3) is 5.92 Å². The van der Waals surface area contributed by atoms with Gasteiger partial charge in [0.2, 0.25) is 0 Å². The fourth-order valence-electron chi connectivity index (χ4n) is 3.16. The zero-order valence-electron chi connectivity index (χ0n) is 15.2. The number of carbonyl (C=O) groups excluding carboxylic acids is 2. The molecule has 0 atom stereocenters. The van der Waals surface area contributed by atoms with Crippen LogP contribution in [0.3, 0.4) is 0 Å². The van der Waals surface area contributed by atoms with Gasteiger partial charge in [0, 0.05) is 23.6 Å². The van der Waals surface area contributed by atoms with Crippen LogP contribution in [0.25, 0.3) is 6.08 Å². The highest BCUT2D eigenvalue weighted by atomic mass is 19.3. The van der Waals surface area contributed by atoms with Crippen molar-refractivity contribution in [3.8, 4) is 0 Å². The zero-order chi connectivity index (χ0) is 19.6. The fraction of sp³-hybridized carbons (Fsp3) is 0.273. The van der Waals surface area contributed by atoms with Crippen molar-refractivity contribution in [3.63, 3.8) is 0 Å². The van der Waals surface area contributed by atoms with E-state index in [0.29, 0.717) is 35.1 Å². The molecule has 0 aliphatic heterocycles. The second-order valence-corrected chi connectivity index (χ2v) is 6.60. The molecule has 1 aliphatic rings. The van der Waals surface area contributed by atoms with Gasteiger partial charge >= 0.3 is 5.97 Å². The quantitative estimate of drug-likeness (QED) is 0.550. The summed E-state index contributed by atoms with van der Waals surface area (Å²) in [5, 5.41) is 0. The molecule has 3 rings (SSSR count). The number of esters is 1. The van der Waals surface area contributed by atoms with Crippen LogP contribution in [0.2, 0.25) is 0 Å². The number of aryl methyl sites for hydroxylation is 1. The van der Waals surface area contributed by atoms with Crippen LogP contribution in [0.5, 0.6) is 0 Å². The zero-order valence-corrected chi connectivity index (χ0v) is 15.2. The highest BCUT2D eigenvalue weighted by Crippen LogP contribution is 2.30. The minimum Gasteiger partial charge on any atom is -0.462 e. The first-order valence-corrected chi connectivity index (χ1v) is 8.83. The number of alkyl halides is 2. The summed E-state index contributed by atoms with van der Waals surface area (Å²) in [4.78, 5) is 24.6. The highest BCUT2D eigenvalue weighted by Gasteiger charge is 2.25. The van der Waals surface area contributed by atoms with Crippen molar-refractivity contribution in [2.24, 2.45) is 0 Å². The molecule has 0 spiro atoms. The maximum atomic E-state index is 13.5. The highest BCUT2D eigenvalue weighted by molar-refractivity contribution is 6.13. The van der Waals surface area contributed by atoms with Gasteiger partial charge in [0.1, 0.15) is 0 Å². The lowest BCUT2D eigenvalue weighted by atomic mass is 9.85. The summed E-state index contributed by atoms with van der Waals surface area (Å²) < 4.78 is 32.0. The van der Waals surface area contributed by atoms with Gasteiger partial charge in [-0.3, -0.25) is 4.79 Å². The van der Waals surface area contributed by atoms with Crippen molar-refractivity contribution in [1.29, 1.82) is 0 Å². The minimum atomic E-state index is -2.93. The molecule has 2 aromatic rings. The number of carbonyl (C=O) groups is 2. The van der Waals surface area contributed by atoms with Crippen molar-refractivity contribution in [2.75, 3.05) is 6.61 Å². The molecule has 0 N–H and O–H groups in total. The SMILES string of the molecule is CCOC(=O)c1ccc2c(c1)CCC(=Cc1cccc(C(C)(F)F)c1)C2=O. The molecule has 0 heterocycles. The smallest absolute Gasteiger partial charge is 0.338 e. The van der Waals surface area contributed by atoms with Crippen LogP contribution in [0.4, 0.5) is 8.78 Å². The van der Waals surface area contributed by atoms with E-state index < -0.39 is 11.9 Å². The van der Waals surface area contributed by atoms with Gasteiger partial charge in [-0.25, -0.2) is 13.6 Å². The minimum absolute atomic E-state index is 0.0837. The Morgan fingerprint density at radius 1 is 1.19 bits per heavy atom. The molecule has 0 aromatic heterocycles. The summed E-state index contributed by atoms with van der Waals surface area (Å²) >= 11 is 0. The van der Waals surface area contributed by atoms with Crippen LogP contribution in [-0.4, -0.2) is 18.4 Å². The largest absolute Gasteiger partial charge is 0.462 e. The molecular weight excluding hydrogens is 350 g/mol. The van der Waals surface area contributed by atoms with E-state index in [1.807, 2.05) is 0 Å². The third kappa shape index (κ3) is 4.13. The molecule has 0 fully saturated rings. The average molecular weight is 370 g/mol. The molecular formula is C22H20F2O3. The molecule has 1 aliphatic carbocycles. The Morgan fingerprint density at radius 2 is 1.96 bits per heavy atom. The van der Waals surface area contributed by atoms with Gasteiger partial charge in [0.15, 0.2) is 5.78 Å². The van der Waals surface area contributed by atoms with Crippen molar-refractivity contribution < 1.29 is 23.1 Å². The first-order chi connectivity index (χ1) is 12.8. The summed E-state index contributed by atoms with van der Waals surface area (Å²) in [7, 11) is 0. The van der Waals surface area contributed by atoms with Gasteiger partial charge in [-0.15, -0.1) is 0 Å². The summed E-state index contributed by atoms with van der Waals surface area (Å²) in [5.74, 6) is -3.48. The second kappa shape index (κ2) is 7.43. The number of fused-ring (bicyclic) bond motifs is 1. The molecule has 0 radical (unpaired) electrons. The van der Waals surface area contributed by atoms with Crippen LogP contribution in [0.15, 0.2) is 48.0 Å². The number of Topliss-reactive ketones (excluding diaryl/α,β-unsaturated/α-hetero) is 1. The van der Waals surface area contributed by atoms with E-state index in [2.05, 4.69) is 0 Å². The summed E-state index contributed by atoms with van der Waals surface area (Å²) in [5.41, 5.74) is 2.83. The lowest BCUT2D eigenvalue weighted by molar-refractivity contribution is 0.0174. The van der Waals surface area contributed by atoms with E-state index in [1.165, 1.54) is 12.1 Å². The van der Waals surface area contributed by atoms with E-state index in [1.54, 1.807) is 43.3 Å². The lowest BCUT2D eigenvalue weighted by Crippen LogP contribution is -2.16. The summed E-state index contributed by atoms with van der Waals surface area (Å²) in [6.45, 7) is 2.88. The predicted molar refractivity (Wildman–Crippen MR) is 99.0 cm³/mol. The monoisotopic (exact) mass is 370 g/mol. The molecule has 0 unspecified atom stereocenters. The Hall–Kier alpha value is -2.82. The second-order valence-electron chi connectivity index (χ2n) is 6.60. The van der Waals surface area contributed by atoms with Crippen LogP contribution in [0, 0.1) is 0 Å². The maximum Gasteiger partial charge on any atom is 0.338 e. The van der Waals surface area contributed by atoms with Crippen molar-refractivity contribution >= 4 is 17.8 Å². The third-order valence-electron chi connectivity index (χ3n) is 4.55. The molecule has 140 valence electrons. The van der Waals surface area contributed by atoms with E-state index in [0.717, 1.165) is 12.5 Å². The summed E-state index contributed by atoms with van der Waals surface area (Å²) in [6, 6.07) is 10.9. The van der Waals surface area contributed by atoms with Gasteiger partial charge in [-0.2, -0.15) is 0 Å². The Morgan fingerprint density at radius 3 is 2.67 bits per heavy atom. The number of ether oxygens (including phenoxy) is 1. The molecule has 0 saturated heterocycles. The first-order valence-electron chi connectivity index (χ1n) is 8.83. The van der Waals surface area contributed by atoms with Crippen LogP contribution < -0.4 is 0 Å². The van der Waals surface area contributed by atoms with E-state index in [4.69, 9.17) is 4.74 Å². The number of rotatable bonds is 4. The standard InChI is InChI=1S/C22H20F2O3/c1-3-27-21(26)17-9-10-19-15(13-17)7-8-16(20(19)25)11-14-5-4-6-18(12-14)22(2,23)24/h4-6,9-13H,3,7-8H2,1-2H3. The number of allylic oxidation sites excluding steroid dienone is 1. The Kier molecular flexibility index (Phi) is 5.22. The molecule has 2 aromatic carbocycles. The number of hydrogen-bond donors (Lipinski definition) is 0. The first kappa shape index (κ1) is 19.0. The van der Waals surface area contributed by atoms with Crippen molar-refractivity contribution in [1.82, 2.24) is 0 Å². The van der Waals surface area contributed by atoms with Gasteiger partial charge in [-0.1, -0.05) is 18.2 Å². The van der Waals surface area contributed by atoms with Crippen LogP contribution in [-0.2, 0) is 17.1 Å². The maximum absolute atomic E-state index is 13.5. The number of benzene rings is 2. The number of ketones is 1. The topological polar surface area (TPSA) is 43.4 Å². The molecule has 0 saturated carbocycles.